The van der Waals surface area contributed by atoms with Gasteiger partial charge in [-0.2, -0.15) is 0 Å². The number of ether oxygens (including phenoxy) is 1. The zero-order valence-corrected chi connectivity index (χ0v) is 12.6. The predicted octanol–water partition coefficient (Wildman–Crippen LogP) is 3.16. The fourth-order valence-corrected chi connectivity index (χ4v) is 2.37. The molecule has 0 saturated heterocycles. The molecule has 0 amide bonds. The predicted molar refractivity (Wildman–Crippen MR) is 82.7 cm³/mol. The van der Waals surface area contributed by atoms with Gasteiger partial charge in [0.2, 0.25) is 0 Å². The minimum atomic E-state index is 0.297. The molecule has 0 radical (unpaired) electrons. The maximum absolute atomic E-state index is 6.02. The minimum absolute atomic E-state index is 0.297. The number of nitrogens with two attached hydrogens (primary N) is 1. The summed E-state index contributed by atoms with van der Waals surface area (Å²) in [6, 6.07) is 7.61. The fourth-order valence-electron chi connectivity index (χ4n) is 2.15. The average molecular weight is 303 g/mol. The molecule has 0 spiro atoms. The van der Waals surface area contributed by atoms with Gasteiger partial charge in [0.05, 0.1) is 10.7 Å². The second kappa shape index (κ2) is 5.26. The van der Waals surface area contributed by atoms with Gasteiger partial charge >= 0.3 is 0 Å². The smallest absolute Gasteiger partial charge is 0.184 e. The van der Waals surface area contributed by atoms with Crippen LogP contribution in [0, 0.1) is 13.8 Å². The summed E-state index contributed by atoms with van der Waals surface area (Å²) in [4.78, 5) is 0. The van der Waals surface area contributed by atoms with E-state index in [0.29, 0.717) is 28.8 Å². The monoisotopic (exact) mass is 302 g/mol. The number of pyridine rings is 1. The molecule has 2 N–H and O–H groups in total. The fraction of sp³-hybridized carbons (Fsp3) is 0.200. The van der Waals surface area contributed by atoms with Crippen LogP contribution in [0.2, 0.25) is 5.02 Å². The first-order valence-electron chi connectivity index (χ1n) is 6.54. The second-order valence-electron chi connectivity index (χ2n) is 4.91. The highest BCUT2D eigenvalue weighted by Crippen LogP contribution is 2.23. The maximum atomic E-state index is 6.02. The van der Waals surface area contributed by atoms with E-state index in [-0.39, 0.29) is 0 Å². The third-order valence-electron chi connectivity index (χ3n) is 3.48. The molecule has 0 saturated carbocycles. The molecule has 0 fully saturated rings. The zero-order chi connectivity index (χ0) is 15.0. The lowest BCUT2D eigenvalue weighted by Crippen LogP contribution is -2.03. The number of hydrogen-bond acceptors (Lipinski definition) is 4. The Bertz CT molecular complexity index is 813. The van der Waals surface area contributed by atoms with Crippen LogP contribution in [-0.4, -0.2) is 14.6 Å². The molecule has 6 heteroatoms. The van der Waals surface area contributed by atoms with Crippen LogP contribution in [0.15, 0.2) is 30.5 Å². The van der Waals surface area contributed by atoms with E-state index in [1.807, 2.05) is 19.1 Å². The van der Waals surface area contributed by atoms with E-state index in [2.05, 4.69) is 23.2 Å². The molecule has 1 aromatic carbocycles. The van der Waals surface area contributed by atoms with Crippen LogP contribution in [0.5, 0.6) is 5.75 Å². The molecule has 0 aliphatic heterocycles. The van der Waals surface area contributed by atoms with E-state index in [4.69, 9.17) is 22.1 Å². The lowest BCUT2D eigenvalue weighted by atomic mass is 10.1. The second-order valence-corrected chi connectivity index (χ2v) is 5.35. The molecular formula is C15H15ClN4O. The highest BCUT2D eigenvalue weighted by atomic mass is 35.5. The number of aryl methyl sites for hydroxylation is 1. The Morgan fingerprint density at radius 3 is 2.90 bits per heavy atom. The first-order chi connectivity index (χ1) is 10.1. The number of hydrogen-bond donors (Lipinski definition) is 1. The van der Waals surface area contributed by atoms with Crippen molar-refractivity contribution in [2.75, 3.05) is 5.73 Å². The Morgan fingerprint density at radius 2 is 2.10 bits per heavy atom. The van der Waals surface area contributed by atoms with Crippen LogP contribution >= 0.6 is 11.6 Å². The van der Waals surface area contributed by atoms with Gasteiger partial charge in [-0.3, -0.25) is 4.40 Å². The molecule has 3 aromatic rings. The van der Waals surface area contributed by atoms with Crippen molar-refractivity contribution in [3.63, 3.8) is 0 Å². The number of benzene rings is 1. The summed E-state index contributed by atoms with van der Waals surface area (Å²) in [5.41, 5.74) is 9.25. The van der Waals surface area contributed by atoms with E-state index in [9.17, 15) is 0 Å². The van der Waals surface area contributed by atoms with Crippen molar-refractivity contribution in [3.05, 3.63) is 52.4 Å². The number of rotatable bonds is 3. The standard InChI is InChI=1S/C15H15ClN4O/c1-9-4-3-5-13(10(9)2)21-8-14-18-19-15-12(17)6-11(16)7-20(14)15/h3-7H,8,17H2,1-2H3. The number of fused-ring (bicyclic) bond motifs is 1. The van der Waals surface area contributed by atoms with Crippen molar-refractivity contribution in [1.82, 2.24) is 14.6 Å². The van der Waals surface area contributed by atoms with Crippen molar-refractivity contribution in [3.8, 4) is 5.75 Å². The van der Waals surface area contributed by atoms with Crippen LogP contribution in [0.25, 0.3) is 5.65 Å². The van der Waals surface area contributed by atoms with Crippen molar-refractivity contribution in [2.45, 2.75) is 20.5 Å². The highest BCUT2D eigenvalue weighted by molar-refractivity contribution is 6.30. The molecule has 3 rings (SSSR count). The SMILES string of the molecule is Cc1cccc(OCc2nnc3c(N)cc(Cl)cn23)c1C. The normalized spacial score (nSPS) is 11.0. The van der Waals surface area contributed by atoms with E-state index in [0.717, 1.165) is 11.3 Å². The van der Waals surface area contributed by atoms with Gasteiger partial charge in [-0.05, 0) is 37.1 Å². The van der Waals surface area contributed by atoms with Crippen LogP contribution in [0.3, 0.4) is 0 Å². The molecule has 2 aromatic heterocycles. The van der Waals surface area contributed by atoms with Gasteiger partial charge in [0.1, 0.15) is 12.4 Å². The van der Waals surface area contributed by atoms with Crippen molar-refractivity contribution in [2.24, 2.45) is 0 Å². The molecule has 0 bridgehead atoms. The molecule has 2 heterocycles. The van der Waals surface area contributed by atoms with Crippen molar-refractivity contribution in [1.29, 1.82) is 0 Å². The van der Waals surface area contributed by atoms with Crippen LogP contribution in [-0.2, 0) is 6.61 Å². The van der Waals surface area contributed by atoms with E-state index < -0.39 is 0 Å². The summed E-state index contributed by atoms with van der Waals surface area (Å²) in [5.74, 6) is 1.49. The first-order valence-corrected chi connectivity index (χ1v) is 6.91. The molecular weight excluding hydrogens is 288 g/mol. The lowest BCUT2D eigenvalue weighted by Gasteiger charge is -2.10. The van der Waals surface area contributed by atoms with E-state index in [1.54, 1.807) is 16.7 Å². The number of anilines is 1. The third-order valence-corrected chi connectivity index (χ3v) is 3.69. The number of nitrogen functional groups attached to an aromatic ring is 1. The lowest BCUT2D eigenvalue weighted by molar-refractivity contribution is 0.292. The van der Waals surface area contributed by atoms with Gasteiger partial charge < -0.3 is 10.5 Å². The zero-order valence-electron chi connectivity index (χ0n) is 11.8. The molecule has 0 atom stereocenters. The van der Waals surface area contributed by atoms with E-state index >= 15 is 0 Å². The van der Waals surface area contributed by atoms with Crippen LogP contribution in [0.4, 0.5) is 5.69 Å². The Kier molecular flexibility index (Phi) is 3.43. The molecule has 21 heavy (non-hydrogen) atoms. The van der Waals surface area contributed by atoms with Crippen LogP contribution in [0.1, 0.15) is 17.0 Å². The highest BCUT2D eigenvalue weighted by Gasteiger charge is 2.10. The summed E-state index contributed by atoms with van der Waals surface area (Å²) < 4.78 is 7.60. The third kappa shape index (κ3) is 2.52. The molecule has 0 aliphatic rings. The van der Waals surface area contributed by atoms with Crippen LogP contribution < -0.4 is 10.5 Å². The molecule has 0 aliphatic carbocycles. The van der Waals surface area contributed by atoms with Gasteiger partial charge in [0.15, 0.2) is 11.5 Å². The van der Waals surface area contributed by atoms with Gasteiger partial charge in [0.25, 0.3) is 0 Å². The molecule has 0 unspecified atom stereocenters. The van der Waals surface area contributed by atoms with Crippen molar-refractivity contribution < 1.29 is 4.74 Å². The Labute approximate surface area is 127 Å². The van der Waals surface area contributed by atoms with Crippen molar-refractivity contribution >= 4 is 22.9 Å². The summed E-state index contributed by atoms with van der Waals surface area (Å²) >= 11 is 6.02. The van der Waals surface area contributed by atoms with Gasteiger partial charge in [0, 0.05) is 6.20 Å². The Hall–Kier alpha value is -2.27. The number of aromatic nitrogens is 3. The molecule has 5 nitrogen and oxygen atoms in total. The van der Waals surface area contributed by atoms with Gasteiger partial charge in [-0.1, -0.05) is 23.7 Å². The summed E-state index contributed by atoms with van der Waals surface area (Å²) in [5, 5.41) is 8.71. The summed E-state index contributed by atoms with van der Waals surface area (Å²) in [7, 11) is 0. The Morgan fingerprint density at radius 1 is 1.29 bits per heavy atom. The summed E-state index contributed by atoms with van der Waals surface area (Å²) in [6.07, 6.45) is 1.73. The minimum Gasteiger partial charge on any atom is -0.485 e. The van der Waals surface area contributed by atoms with E-state index in [1.165, 1.54) is 5.56 Å². The van der Waals surface area contributed by atoms with Gasteiger partial charge in [-0.25, -0.2) is 0 Å². The van der Waals surface area contributed by atoms with Gasteiger partial charge in [-0.15, -0.1) is 10.2 Å². The largest absolute Gasteiger partial charge is 0.485 e. The maximum Gasteiger partial charge on any atom is 0.184 e. The molecule has 108 valence electrons. The topological polar surface area (TPSA) is 65.4 Å². The number of halogens is 1. The summed E-state index contributed by atoms with van der Waals surface area (Å²) in [6.45, 7) is 4.38. The quantitative estimate of drug-likeness (QED) is 0.807. The average Bonchev–Trinajstić information content (AvgIpc) is 2.84. The Balaban J connectivity index is 1.91. The number of nitrogens with zero attached hydrogens (tertiary/aromatic N) is 3. The first kappa shape index (κ1) is 13.7.